The number of fused-ring (bicyclic) bond motifs is 3. The molecule has 35 heavy (non-hydrogen) atoms. The molecular formula is C24H21BrCl2N4O3S. The summed E-state index contributed by atoms with van der Waals surface area (Å²) >= 11 is 17.8. The Kier molecular flexibility index (Phi) is 6.32. The summed E-state index contributed by atoms with van der Waals surface area (Å²) in [4.78, 5) is 28.7. The number of thioether (sulfide) groups is 1. The second-order valence-corrected chi connectivity index (χ2v) is 11.5. The lowest BCUT2D eigenvalue weighted by atomic mass is 9.98. The zero-order valence-electron chi connectivity index (χ0n) is 19.1. The van der Waals surface area contributed by atoms with Gasteiger partial charge in [0.1, 0.15) is 11.3 Å². The molecule has 3 heterocycles. The van der Waals surface area contributed by atoms with Gasteiger partial charge in [-0.05, 0) is 65.7 Å². The number of nitrogens with one attached hydrogen (secondary N) is 1. The predicted molar refractivity (Wildman–Crippen MR) is 141 cm³/mol. The van der Waals surface area contributed by atoms with Gasteiger partial charge in [0, 0.05) is 34.5 Å². The SMILES string of the molecule is COc1cc2c(cc1Br)-c1c(c(C(=O)N3CCNC(=O)C3(C)C)nn1-c1cc(Cl)cc(Cl)c1)SC2. The lowest BCUT2D eigenvalue weighted by Crippen LogP contribution is -2.63. The van der Waals surface area contributed by atoms with Gasteiger partial charge in [-0.3, -0.25) is 9.59 Å². The smallest absolute Gasteiger partial charge is 0.276 e. The number of hydrogen-bond donors (Lipinski definition) is 1. The highest BCUT2D eigenvalue weighted by Gasteiger charge is 2.43. The lowest BCUT2D eigenvalue weighted by Gasteiger charge is -2.40. The number of ether oxygens (including phenoxy) is 1. The molecule has 0 radical (unpaired) electrons. The van der Waals surface area contributed by atoms with Crippen LogP contribution >= 0.6 is 50.9 Å². The largest absolute Gasteiger partial charge is 0.496 e. The summed E-state index contributed by atoms with van der Waals surface area (Å²) in [5.74, 6) is 0.873. The Morgan fingerprint density at radius 2 is 1.91 bits per heavy atom. The van der Waals surface area contributed by atoms with Crippen molar-refractivity contribution in [3.63, 3.8) is 0 Å². The molecule has 1 fully saturated rings. The van der Waals surface area contributed by atoms with Crippen molar-refractivity contribution < 1.29 is 14.3 Å². The van der Waals surface area contributed by atoms with Crippen LogP contribution in [0, 0.1) is 0 Å². The first kappa shape index (κ1) is 24.5. The Bertz CT molecular complexity index is 1370. The van der Waals surface area contributed by atoms with E-state index in [4.69, 9.17) is 33.0 Å². The monoisotopic (exact) mass is 594 g/mol. The molecule has 7 nitrogen and oxygen atoms in total. The number of hydrogen-bond acceptors (Lipinski definition) is 5. The Balaban J connectivity index is 1.74. The highest BCUT2D eigenvalue weighted by atomic mass is 79.9. The molecule has 0 bridgehead atoms. The van der Waals surface area contributed by atoms with Crippen LogP contribution in [-0.4, -0.2) is 52.2 Å². The van der Waals surface area contributed by atoms with Crippen LogP contribution in [0.3, 0.4) is 0 Å². The standard InChI is InChI=1S/C24H21BrCl2N4O3S/c1-24(2)23(33)28-4-5-30(24)22(32)19-21-20(31(29-19)15-8-13(26)7-14(27)9-15)16-10-17(25)18(34-3)6-12(16)11-35-21/h6-10H,4-5,11H2,1-3H3,(H,28,33). The molecule has 2 aliphatic rings. The van der Waals surface area contributed by atoms with Gasteiger partial charge < -0.3 is 15.0 Å². The van der Waals surface area contributed by atoms with Crippen molar-refractivity contribution in [3.8, 4) is 22.7 Å². The first-order chi connectivity index (χ1) is 16.6. The van der Waals surface area contributed by atoms with Crippen LogP contribution in [-0.2, 0) is 10.5 Å². The average Bonchev–Trinajstić information content (AvgIpc) is 3.19. The predicted octanol–water partition coefficient (Wildman–Crippen LogP) is 5.57. The summed E-state index contributed by atoms with van der Waals surface area (Å²) in [6, 6.07) is 9.12. The molecule has 2 aliphatic heterocycles. The molecule has 11 heteroatoms. The molecular weight excluding hydrogens is 575 g/mol. The number of carbonyl (C=O) groups excluding carboxylic acids is 2. The van der Waals surface area contributed by atoms with Gasteiger partial charge in [-0.1, -0.05) is 23.2 Å². The Labute approximate surface area is 225 Å². The highest BCUT2D eigenvalue weighted by molar-refractivity contribution is 9.10. The van der Waals surface area contributed by atoms with Crippen molar-refractivity contribution in [2.75, 3.05) is 20.2 Å². The van der Waals surface area contributed by atoms with Crippen LogP contribution in [0.25, 0.3) is 16.9 Å². The number of piperazine rings is 1. The highest BCUT2D eigenvalue weighted by Crippen LogP contribution is 2.47. The normalized spacial score (nSPS) is 16.4. The quantitative estimate of drug-likeness (QED) is 0.428. The molecule has 1 aromatic heterocycles. The fourth-order valence-electron chi connectivity index (χ4n) is 4.39. The van der Waals surface area contributed by atoms with Crippen molar-refractivity contribution in [1.29, 1.82) is 0 Å². The third-order valence-electron chi connectivity index (χ3n) is 6.24. The van der Waals surface area contributed by atoms with Crippen LogP contribution in [0.2, 0.25) is 10.0 Å². The first-order valence-electron chi connectivity index (χ1n) is 10.8. The topological polar surface area (TPSA) is 76.5 Å². The van der Waals surface area contributed by atoms with E-state index in [1.165, 1.54) is 11.8 Å². The first-order valence-corrected chi connectivity index (χ1v) is 13.3. The van der Waals surface area contributed by atoms with Crippen molar-refractivity contribution in [1.82, 2.24) is 20.0 Å². The molecule has 5 rings (SSSR count). The van der Waals surface area contributed by atoms with Crippen LogP contribution in [0.1, 0.15) is 29.9 Å². The second kappa shape index (κ2) is 9.03. The fraction of sp³-hybridized carbons (Fsp3) is 0.292. The van der Waals surface area contributed by atoms with Crippen LogP contribution in [0.4, 0.5) is 0 Å². The van der Waals surface area contributed by atoms with Crippen molar-refractivity contribution in [2.45, 2.75) is 30.0 Å². The number of halogens is 3. The molecule has 0 atom stereocenters. The van der Waals surface area contributed by atoms with Crippen molar-refractivity contribution >= 4 is 62.7 Å². The zero-order valence-corrected chi connectivity index (χ0v) is 23.0. The summed E-state index contributed by atoms with van der Waals surface area (Å²) in [5, 5.41) is 8.54. The molecule has 1 saturated heterocycles. The summed E-state index contributed by atoms with van der Waals surface area (Å²) in [6.45, 7) is 4.27. The minimum Gasteiger partial charge on any atom is -0.496 e. The molecule has 182 valence electrons. The van der Waals surface area contributed by atoms with Gasteiger partial charge in [0.05, 0.1) is 27.9 Å². The Hall–Kier alpha value is -2.20. The molecule has 0 aliphatic carbocycles. The number of rotatable bonds is 3. The summed E-state index contributed by atoms with van der Waals surface area (Å²) in [5.41, 5.74) is 2.66. The number of methoxy groups -OCH3 is 1. The number of nitrogens with zero attached hydrogens (tertiary/aromatic N) is 3. The van der Waals surface area contributed by atoms with Crippen LogP contribution < -0.4 is 10.1 Å². The van der Waals surface area contributed by atoms with Crippen LogP contribution in [0.15, 0.2) is 39.7 Å². The molecule has 3 aromatic rings. The minimum atomic E-state index is -1.00. The maximum Gasteiger partial charge on any atom is 0.276 e. The van der Waals surface area contributed by atoms with E-state index in [1.54, 1.807) is 48.7 Å². The Morgan fingerprint density at radius 3 is 2.60 bits per heavy atom. The van der Waals surface area contributed by atoms with E-state index in [-0.39, 0.29) is 11.8 Å². The van der Waals surface area contributed by atoms with E-state index in [2.05, 4.69) is 21.2 Å². The second-order valence-electron chi connectivity index (χ2n) is 8.77. The van der Waals surface area contributed by atoms with Gasteiger partial charge in [-0.2, -0.15) is 5.10 Å². The fourth-order valence-corrected chi connectivity index (χ4v) is 6.55. The third kappa shape index (κ3) is 4.12. The average molecular weight is 596 g/mol. The van der Waals surface area contributed by atoms with Crippen molar-refractivity contribution in [3.05, 3.63) is 56.1 Å². The van der Waals surface area contributed by atoms with Gasteiger partial charge in [0.2, 0.25) is 5.91 Å². The number of carbonyl (C=O) groups is 2. The van der Waals surface area contributed by atoms with E-state index >= 15 is 0 Å². The van der Waals surface area contributed by atoms with E-state index in [9.17, 15) is 9.59 Å². The van der Waals surface area contributed by atoms with Gasteiger partial charge in [-0.15, -0.1) is 11.8 Å². The minimum absolute atomic E-state index is 0.193. The number of amides is 2. The van der Waals surface area contributed by atoms with E-state index in [0.717, 1.165) is 31.9 Å². The van der Waals surface area contributed by atoms with E-state index in [1.807, 2.05) is 12.1 Å². The zero-order chi connectivity index (χ0) is 25.1. The van der Waals surface area contributed by atoms with E-state index < -0.39 is 5.54 Å². The van der Waals surface area contributed by atoms with Gasteiger partial charge >= 0.3 is 0 Å². The number of aromatic nitrogens is 2. The maximum absolute atomic E-state index is 13.9. The Morgan fingerprint density at radius 1 is 1.20 bits per heavy atom. The van der Waals surface area contributed by atoms with E-state index in [0.29, 0.717) is 40.3 Å². The summed E-state index contributed by atoms with van der Waals surface area (Å²) in [6.07, 6.45) is 0. The third-order valence-corrected chi connectivity index (χ3v) is 8.42. The molecule has 2 aromatic carbocycles. The van der Waals surface area contributed by atoms with Crippen molar-refractivity contribution in [2.24, 2.45) is 0 Å². The molecule has 0 unspecified atom stereocenters. The van der Waals surface area contributed by atoms with Crippen LogP contribution in [0.5, 0.6) is 5.75 Å². The molecule has 1 N–H and O–H groups in total. The molecule has 0 saturated carbocycles. The van der Waals surface area contributed by atoms with Gasteiger partial charge in [-0.25, -0.2) is 4.68 Å². The lowest BCUT2D eigenvalue weighted by molar-refractivity contribution is -0.133. The van der Waals surface area contributed by atoms with Gasteiger partial charge in [0.25, 0.3) is 5.91 Å². The number of benzene rings is 2. The summed E-state index contributed by atoms with van der Waals surface area (Å²) < 4.78 is 7.99. The maximum atomic E-state index is 13.9. The summed E-state index contributed by atoms with van der Waals surface area (Å²) in [7, 11) is 1.62. The molecule has 0 spiro atoms. The van der Waals surface area contributed by atoms with Gasteiger partial charge in [0.15, 0.2) is 5.69 Å². The molecule has 2 amide bonds.